The standard InChI is InChI=1S/C14H12BrF3N2O/c15-8-1-4-10(11(5-8)14(16,17)18)13-12(20-7-21-13)6-19-9-2-3-9/h1,4-5,7,9,19H,2-3,6H2. The van der Waals surface area contributed by atoms with Crippen molar-refractivity contribution in [2.45, 2.75) is 31.6 Å². The number of nitrogens with zero attached hydrogens (tertiary/aromatic N) is 1. The third-order valence-electron chi connectivity index (χ3n) is 3.31. The second-order valence-electron chi connectivity index (χ2n) is 4.97. The lowest BCUT2D eigenvalue weighted by Crippen LogP contribution is -2.16. The molecular formula is C14H12BrF3N2O. The molecule has 1 aromatic heterocycles. The molecule has 0 amide bonds. The van der Waals surface area contributed by atoms with Crippen LogP contribution in [0.4, 0.5) is 13.2 Å². The SMILES string of the molecule is FC(F)(F)c1cc(Br)ccc1-c1ocnc1CNC1CC1. The summed E-state index contributed by atoms with van der Waals surface area (Å²) in [4.78, 5) is 4.03. The van der Waals surface area contributed by atoms with Crippen LogP contribution in [0.25, 0.3) is 11.3 Å². The van der Waals surface area contributed by atoms with E-state index < -0.39 is 11.7 Å². The number of benzene rings is 1. The van der Waals surface area contributed by atoms with Gasteiger partial charge in [0.15, 0.2) is 12.2 Å². The van der Waals surface area contributed by atoms with Crippen molar-refractivity contribution in [1.82, 2.24) is 10.3 Å². The molecule has 1 saturated carbocycles. The second-order valence-corrected chi connectivity index (χ2v) is 5.89. The van der Waals surface area contributed by atoms with Crippen LogP contribution in [0.5, 0.6) is 0 Å². The highest BCUT2D eigenvalue weighted by Crippen LogP contribution is 2.39. The van der Waals surface area contributed by atoms with E-state index in [-0.39, 0.29) is 11.3 Å². The fraction of sp³-hybridized carbons (Fsp3) is 0.357. The first kappa shape index (κ1) is 14.6. The lowest BCUT2D eigenvalue weighted by molar-refractivity contribution is -0.137. The molecule has 0 spiro atoms. The fourth-order valence-electron chi connectivity index (χ4n) is 2.09. The minimum Gasteiger partial charge on any atom is -0.443 e. The number of rotatable bonds is 4. The molecule has 1 heterocycles. The Bertz CT molecular complexity index is 650. The molecule has 3 nitrogen and oxygen atoms in total. The first-order valence-corrected chi connectivity index (χ1v) is 7.27. The van der Waals surface area contributed by atoms with Gasteiger partial charge in [-0.3, -0.25) is 0 Å². The number of nitrogens with one attached hydrogen (secondary N) is 1. The molecule has 0 atom stereocenters. The molecule has 1 aliphatic carbocycles. The number of oxazole rings is 1. The average molecular weight is 361 g/mol. The summed E-state index contributed by atoms with van der Waals surface area (Å²) in [6.45, 7) is 0.407. The van der Waals surface area contributed by atoms with Crippen LogP contribution in [0.2, 0.25) is 0 Å². The van der Waals surface area contributed by atoms with E-state index in [9.17, 15) is 13.2 Å². The predicted molar refractivity (Wildman–Crippen MR) is 74.5 cm³/mol. The molecule has 0 bridgehead atoms. The summed E-state index contributed by atoms with van der Waals surface area (Å²) in [5.41, 5.74) is -0.230. The molecule has 1 fully saturated rings. The number of hydrogen-bond donors (Lipinski definition) is 1. The van der Waals surface area contributed by atoms with Crippen LogP contribution >= 0.6 is 15.9 Å². The van der Waals surface area contributed by atoms with Crippen molar-refractivity contribution in [3.8, 4) is 11.3 Å². The minimum absolute atomic E-state index is 0.01000. The summed E-state index contributed by atoms with van der Waals surface area (Å²) >= 11 is 3.07. The van der Waals surface area contributed by atoms with Gasteiger partial charge in [0.1, 0.15) is 5.69 Å². The van der Waals surface area contributed by atoms with Crippen molar-refractivity contribution in [3.05, 3.63) is 40.3 Å². The molecule has 21 heavy (non-hydrogen) atoms. The Hall–Kier alpha value is -1.34. The van der Waals surface area contributed by atoms with Gasteiger partial charge in [-0.25, -0.2) is 4.98 Å². The zero-order valence-corrected chi connectivity index (χ0v) is 12.5. The Balaban J connectivity index is 1.98. The molecule has 7 heteroatoms. The van der Waals surface area contributed by atoms with Crippen molar-refractivity contribution in [1.29, 1.82) is 0 Å². The normalized spacial score (nSPS) is 15.4. The quantitative estimate of drug-likeness (QED) is 0.879. The Morgan fingerprint density at radius 1 is 1.33 bits per heavy atom. The van der Waals surface area contributed by atoms with Crippen LogP contribution in [0, 0.1) is 0 Å². The van der Waals surface area contributed by atoms with Gasteiger partial charge in [-0.15, -0.1) is 0 Å². The van der Waals surface area contributed by atoms with Crippen molar-refractivity contribution < 1.29 is 17.6 Å². The molecule has 0 aliphatic heterocycles. The molecule has 1 aliphatic rings. The number of halogens is 4. The monoisotopic (exact) mass is 360 g/mol. The van der Waals surface area contributed by atoms with E-state index in [2.05, 4.69) is 26.2 Å². The molecular weight excluding hydrogens is 349 g/mol. The summed E-state index contributed by atoms with van der Waals surface area (Å²) < 4.78 is 45.1. The maximum atomic E-state index is 13.2. The lowest BCUT2D eigenvalue weighted by Gasteiger charge is -2.12. The summed E-state index contributed by atoms with van der Waals surface area (Å²) in [5.74, 6) is 0.169. The molecule has 1 aromatic carbocycles. The van der Waals surface area contributed by atoms with Crippen LogP contribution < -0.4 is 5.32 Å². The van der Waals surface area contributed by atoms with Gasteiger partial charge in [0.25, 0.3) is 0 Å². The fourth-order valence-corrected chi connectivity index (χ4v) is 2.45. The summed E-state index contributed by atoms with van der Waals surface area (Å²) in [5, 5.41) is 3.23. The van der Waals surface area contributed by atoms with Crippen LogP contribution in [-0.2, 0) is 12.7 Å². The van der Waals surface area contributed by atoms with Gasteiger partial charge in [0.05, 0.1) is 5.56 Å². The zero-order chi connectivity index (χ0) is 15.0. The maximum absolute atomic E-state index is 13.2. The van der Waals surface area contributed by atoms with Crippen LogP contribution in [0.15, 0.2) is 33.5 Å². The number of aromatic nitrogens is 1. The Morgan fingerprint density at radius 2 is 2.10 bits per heavy atom. The van der Waals surface area contributed by atoms with E-state index in [4.69, 9.17) is 4.42 Å². The van der Waals surface area contributed by atoms with Crippen LogP contribution in [0.3, 0.4) is 0 Å². The van der Waals surface area contributed by atoms with Gasteiger partial charge in [0.2, 0.25) is 0 Å². The third kappa shape index (κ3) is 3.29. The molecule has 0 saturated heterocycles. The van der Waals surface area contributed by atoms with Crippen molar-refractivity contribution in [3.63, 3.8) is 0 Å². The van der Waals surface area contributed by atoms with Gasteiger partial charge >= 0.3 is 6.18 Å². The van der Waals surface area contributed by atoms with Crippen molar-refractivity contribution in [2.24, 2.45) is 0 Å². The summed E-state index contributed by atoms with van der Waals surface area (Å²) in [6.07, 6.45) is -1.08. The number of hydrogen-bond acceptors (Lipinski definition) is 3. The number of alkyl halides is 3. The first-order valence-electron chi connectivity index (χ1n) is 6.48. The smallest absolute Gasteiger partial charge is 0.417 e. The molecule has 112 valence electrons. The molecule has 2 aromatic rings. The topological polar surface area (TPSA) is 38.1 Å². The zero-order valence-electron chi connectivity index (χ0n) is 10.9. The van der Waals surface area contributed by atoms with Gasteiger partial charge in [-0.2, -0.15) is 13.2 Å². The van der Waals surface area contributed by atoms with E-state index in [0.717, 1.165) is 18.9 Å². The second kappa shape index (κ2) is 5.46. The largest absolute Gasteiger partial charge is 0.443 e. The van der Waals surface area contributed by atoms with Crippen LogP contribution in [0.1, 0.15) is 24.1 Å². The average Bonchev–Trinajstić information content (AvgIpc) is 3.13. The van der Waals surface area contributed by atoms with E-state index >= 15 is 0 Å². The van der Waals surface area contributed by atoms with E-state index in [1.54, 1.807) is 6.07 Å². The third-order valence-corrected chi connectivity index (χ3v) is 3.80. The minimum atomic E-state index is -4.45. The highest BCUT2D eigenvalue weighted by atomic mass is 79.9. The van der Waals surface area contributed by atoms with Crippen LogP contribution in [-0.4, -0.2) is 11.0 Å². The van der Waals surface area contributed by atoms with Crippen molar-refractivity contribution >= 4 is 15.9 Å². The lowest BCUT2D eigenvalue weighted by atomic mass is 10.0. The molecule has 3 rings (SSSR count). The van der Waals surface area contributed by atoms with Gasteiger partial charge in [0, 0.05) is 22.6 Å². The Morgan fingerprint density at radius 3 is 2.76 bits per heavy atom. The Kier molecular flexibility index (Phi) is 3.79. The summed E-state index contributed by atoms with van der Waals surface area (Å²) in [6, 6.07) is 4.45. The first-order chi connectivity index (χ1) is 9.95. The van der Waals surface area contributed by atoms with Gasteiger partial charge in [-0.1, -0.05) is 15.9 Å². The van der Waals surface area contributed by atoms with E-state index in [1.807, 2.05) is 0 Å². The van der Waals surface area contributed by atoms with Gasteiger partial charge in [-0.05, 0) is 31.0 Å². The highest BCUT2D eigenvalue weighted by Gasteiger charge is 2.35. The Labute approximate surface area is 127 Å². The molecule has 0 unspecified atom stereocenters. The predicted octanol–water partition coefficient (Wildman–Crippen LogP) is 4.37. The maximum Gasteiger partial charge on any atom is 0.417 e. The molecule has 0 radical (unpaired) electrons. The van der Waals surface area contributed by atoms with Crippen molar-refractivity contribution in [2.75, 3.05) is 0 Å². The van der Waals surface area contributed by atoms with E-state index in [1.165, 1.54) is 12.5 Å². The summed E-state index contributed by atoms with van der Waals surface area (Å²) in [7, 11) is 0. The van der Waals surface area contributed by atoms with Gasteiger partial charge < -0.3 is 9.73 Å². The highest BCUT2D eigenvalue weighted by molar-refractivity contribution is 9.10. The molecule has 1 N–H and O–H groups in total. The van der Waals surface area contributed by atoms with E-state index in [0.29, 0.717) is 22.8 Å².